The van der Waals surface area contributed by atoms with Gasteiger partial charge in [0, 0.05) is 25.6 Å². The van der Waals surface area contributed by atoms with E-state index in [1.807, 2.05) is 29.2 Å². The van der Waals surface area contributed by atoms with Crippen molar-refractivity contribution in [3.05, 3.63) is 29.8 Å². The number of carbonyl (C=O) groups excluding carboxylic acids is 1. The van der Waals surface area contributed by atoms with Crippen LogP contribution in [0.2, 0.25) is 0 Å². The fraction of sp³-hybridized carbons (Fsp3) is 0.562. The Morgan fingerprint density at radius 2 is 1.90 bits per heavy atom. The van der Waals surface area contributed by atoms with Crippen LogP contribution in [-0.4, -0.2) is 37.0 Å². The summed E-state index contributed by atoms with van der Waals surface area (Å²) in [6.07, 6.45) is 2.40. The van der Waals surface area contributed by atoms with E-state index in [4.69, 9.17) is 10.5 Å². The van der Waals surface area contributed by atoms with Crippen LogP contribution in [0.3, 0.4) is 0 Å². The lowest BCUT2D eigenvalue weighted by molar-refractivity contribution is -0.132. The zero-order valence-electron chi connectivity index (χ0n) is 12.7. The van der Waals surface area contributed by atoms with Crippen molar-refractivity contribution in [1.29, 1.82) is 0 Å². The molecule has 4 nitrogen and oxygen atoms in total. The SMILES string of the molecule is COc1ccc(C(C)CC(=O)N2CCC(N)CC2)cc1.Cl. The lowest BCUT2D eigenvalue weighted by Gasteiger charge is -2.31. The third-order valence-corrected chi connectivity index (χ3v) is 4.06. The third kappa shape index (κ3) is 4.90. The van der Waals surface area contributed by atoms with Crippen LogP contribution in [-0.2, 0) is 4.79 Å². The Bertz CT molecular complexity index is 442. The fourth-order valence-corrected chi connectivity index (χ4v) is 2.59. The molecule has 0 radical (unpaired) electrons. The number of methoxy groups -OCH3 is 1. The first kappa shape index (κ1) is 17.8. The van der Waals surface area contributed by atoms with Crippen molar-refractivity contribution in [1.82, 2.24) is 4.90 Å². The molecule has 1 fully saturated rings. The molecule has 5 heteroatoms. The van der Waals surface area contributed by atoms with Gasteiger partial charge in [-0.05, 0) is 36.5 Å². The lowest BCUT2D eigenvalue weighted by Crippen LogP contribution is -2.43. The fourth-order valence-electron chi connectivity index (χ4n) is 2.59. The van der Waals surface area contributed by atoms with Gasteiger partial charge in [0.1, 0.15) is 5.75 Å². The Balaban J connectivity index is 0.00000220. The maximum absolute atomic E-state index is 12.3. The molecule has 2 rings (SSSR count). The molecular weight excluding hydrogens is 288 g/mol. The second-order valence-electron chi connectivity index (χ2n) is 5.60. The van der Waals surface area contributed by atoms with Crippen molar-refractivity contribution < 1.29 is 9.53 Å². The van der Waals surface area contributed by atoms with Crippen LogP contribution in [0.5, 0.6) is 5.75 Å². The van der Waals surface area contributed by atoms with E-state index in [9.17, 15) is 4.79 Å². The average molecular weight is 313 g/mol. The molecule has 1 saturated heterocycles. The minimum absolute atomic E-state index is 0. The summed E-state index contributed by atoms with van der Waals surface area (Å²) in [5, 5.41) is 0. The molecule has 0 aliphatic carbocycles. The molecule has 1 unspecified atom stereocenters. The van der Waals surface area contributed by atoms with Gasteiger partial charge in [0.2, 0.25) is 5.91 Å². The number of likely N-dealkylation sites (tertiary alicyclic amines) is 1. The summed E-state index contributed by atoms with van der Waals surface area (Å²) in [5.41, 5.74) is 7.04. The first-order chi connectivity index (χ1) is 9.60. The lowest BCUT2D eigenvalue weighted by atomic mass is 9.96. The number of rotatable bonds is 4. The standard InChI is InChI=1S/C16H24N2O2.ClH/c1-12(13-3-5-15(20-2)6-4-13)11-16(19)18-9-7-14(17)8-10-18;/h3-6,12,14H,7-11,17H2,1-2H3;1H. The van der Waals surface area contributed by atoms with Gasteiger partial charge >= 0.3 is 0 Å². The van der Waals surface area contributed by atoms with E-state index >= 15 is 0 Å². The average Bonchev–Trinajstić information content (AvgIpc) is 2.48. The van der Waals surface area contributed by atoms with Crippen LogP contribution in [0.1, 0.15) is 37.7 Å². The molecule has 0 aromatic heterocycles. The molecule has 1 aliphatic rings. The van der Waals surface area contributed by atoms with E-state index in [0.717, 1.165) is 31.7 Å². The molecule has 0 saturated carbocycles. The van der Waals surface area contributed by atoms with E-state index in [2.05, 4.69) is 6.92 Å². The quantitative estimate of drug-likeness (QED) is 0.929. The molecule has 21 heavy (non-hydrogen) atoms. The van der Waals surface area contributed by atoms with Gasteiger partial charge in [-0.2, -0.15) is 0 Å². The largest absolute Gasteiger partial charge is 0.497 e. The molecule has 1 aromatic rings. The predicted octanol–water partition coefficient (Wildman–Crippen LogP) is 2.56. The molecular formula is C16H25ClN2O2. The van der Waals surface area contributed by atoms with E-state index in [-0.39, 0.29) is 30.3 Å². The van der Waals surface area contributed by atoms with Gasteiger partial charge in [-0.15, -0.1) is 12.4 Å². The maximum atomic E-state index is 12.3. The number of benzene rings is 1. The molecule has 0 spiro atoms. The highest BCUT2D eigenvalue weighted by molar-refractivity contribution is 5.85. The minimum atomic E-state index is 0. The van der Waals surface area contributed by atoms with Gasteiger partial charge in [0.25, 0.3) is 0 Å². The Morgan fingerprint density at radius 3 is 2.43 bits per heavy atom. The number of piperidine rings is 1. The van der Waals surface area contributed by atoms with E-state index in [1.165, 1.54) is 5.56 Å². The Morgan fingerprint density at radius 1 is 1.33 bits per heavy atom. The number of ether oxygens (including phenoxy) is 1. The Hall–Kier alpha value is -1.26. The Labute approximate surface area is 133 Å². The molecule has 1 amide bonds. The number of hydrogen-bond donors (Lipinski definition) is 1. The topological polar surface area (TPSA) is 55.6 Å². The maximum Gasteiger partial charge on any atom is 0.223 e. The van der Waals surface area contributed by atoms with Crippen LogP contribution in [0.4, 0.5) is 0 Å². The van der Waals surface area contributed by atoms with E-state index in [0.29, 0.717) is 6.42 Å². The summed E-state index contributed by atoms with van der Waals surface area (Å²) >= 11 is 0. The molecule has 118 valence electrons. The van der Waals surface area contributed by atoms with Crippen molar-refractivity contribution >= 4 is 18.3 Å². The second-order valence-corrected chi connectivity index (χ2v) is 5.60. The summed E-state index contributed by atoms with van der Waals surface area (Å²) in [6.45, 7) is 3.69. The normalized spacial score (nSPS) is 17.0. The summed E-state index contributed by atoms with van der Waals surface area (Å²) in [5.74, 6) is 1.31. The van der Waals surface area contributed by atoms with Crippen molar-refractivity contribution in [3.8, 4) is 5.75 Å². The molecule has 2 N–H and O–H groups in total. The predicted molar refractivity (Wildman–Crippen MR) is 87.1 cm³/mol. The Kier molecular flexibility index (Phi) is 6.99. The number of carbonyl (C=O) groups is 1. The first-order valence-electron chi connectivity index (χ1n) is 7.27. The summed E-state index contributed by atoms with van der Waals surface area (Å²) in [6, 6.07) is 8.20. The number of nitrogens with zero attached hydrogens (tertiary/aromatic N) is 1. The van der Waals surface area contributed by atoms with Crippen molar-refractivity contribution in [3.63, 3.8) is 0 Å². The minimum Gasteiger partial charge on any atom is -0.497 e. The van der Waals surface area contributed by atoms with Gasteiger partial charge in [-0.25, -0.2) is 0 Å². The van der Waals surface area contributed by atoms with Crippen molar-refractivity contribution in [2.24, 2.45) is 5.73 Å². The summed E-state index contributed by atoms with van der Waals surface area (Å²) in [7, 11) is 1.66. The van der Waals surface area contributed by atoms with Gasteiger partial charge < -0.3 is 15.4 Å². The number of nitrogens with two attached hydrogens (primary N) is 1. The zero-order valence-corrected chi connectivity index (χ0v) is 13.6. The smallest absolute Gasteiger partial charge is 0.223 e. The highest BCUT2D eigenvalue weighted by Gasteiger charge is 2.22. The van der Waals surface area contributed by atoms with Crippen LogP contribution in [0, 0.1) is 0 Å². The molecule has 1 aliphatic heterocycles. The van der Waals surface area contributed by atoms with Crippen LogP contribution in [0.25, 0.3) is 0 Å². The molecule has 0 bridgehead atoms. The molecule has 1 aromatic carbocycles. The van der Waals surface area contributed by atoms with Crippen molar-refractivity contribution in [2.45, 2.75) is 38.1 Å². The van der Waals surface area contributed by atoms with Crippen LogP contribution >= 0.6 is 12.4 Å². The van der Waals surface area contributed by atoms with E-state index < -0.39 is 0 Å². The zero-order chi connectivity index (χ0) is 14.5. The number of halogens is 1. The second kappa shape index (κ2) is 8.25. The monoisotopic (exact) mass is 312 g/mol. The van der Waals surface area contributed by atoms with Gasteiger partial charge in [0.05, 0.1) is 7.11 Å². The van der Waals surface area contributed by atoms with Gasteiger partial charge in [-0.3, -0.25) is 4.79 Å². The highest BCUT2D eigenvalue weighted by Crippen LogP contribution is 2.23. The number of amides is 1. The van der Waals surface area contributed by atoms with Crippen LogP contribution in [0.15, 0.2) is 24.3 Å². The number of hydrogen-bond acceptors (Lipinski definition) is 3. The van der Waals surface area contributed by atoms with Crippen molar-refractivity contribution in [2.75, 3.05) is 20.2 Å². The molecule has 1 atom stereocenters. The van der Waals surface area contributed by atoms with E-state index in [1.54, 1.807) is 7.11 Å². The first-order valence-corrected chi connectivity index (χ1v) is 7.27. The third-order valence-electron chi connectivity index (χ3n) is 4.06. The molecule has 1 heterocycles. The summed E-state index contributed by atoms with van der Waals surface area (Å²) in [4.78, 5) is 14.2. The van der Waals surface area contributed by atoms with Gasteiger partial charge in [-0.1, -0.05) is 19.1 Å². The van der Waals surface area contributed by atoms with Crippen LogP contribution < -0.4 is 10.5 Å². The summed E-state index contributed by atoms with van der Waals surface area (Å²) < 4.78 is 5.15. The highest BCUT2D eigenvalue weighted by atomic mass is 35.5. The van der Waals surface area contributed by atoms with Gasteiger partial charge in [0.15, 0.2) is 0 Å².